The maximum atomic E-state index is 11.5. The summed E-state index contributed by atoms with van der Waals surface area (Å²) >= 11 is 0. The van der Waals surface area contributed by atoms with Crippen LogP contribution < -0.4 is 16.0 Å². The van der Waals surface area contributed by atoms with Gasteiger partial charge in [0.1, 0.15) is 5.75 Å². The van der Waals surface area contributed by atoms with Gasteiger partial charge in [0.25, 0.3) is 5.56 Å². The number of para-hydroxylation sites is 1. The van der Waals surface area contributed by atoms with E-state index in [4.69, 9.17) is 4.74 Å². The largest absolute Gasteiger partial charge is 0.470 e. The van der Waals surface area contributed by atoms with Gasteiger partial charge in [-0.1, -0.05) is 18.2 Å². The van der Waals surface area contributed by atoms with Gasteiger partial charge < -0.3 is 9.72 Å². The topological polar surface area (TPSA) is 64.1 Å². The summed E-state index contributed by atoms with van der Waals surface area (Å²) in [7, 11) is 0. The Hall–Kier alpha value is -2.30. The molecule has 1 heterocycles. The molecule has 1 N–H and O–H groups in total. The van der Waals surface area contributed by atoms with Gasteiger partial charge in [-0.05, 0) is 19.1 Å². The second kappa shape index (κ2) is 4.69. The molecule has 2 rings (SSSR count). The van der Waals surface area contributed by atoms with Crippen molar-refractivity contribution in [3.63, 3.8) is 0 Å². The van der Waals surface area contributed by atoms with E-state index in [0.29, 0.717) is 5.75 Å². The van der Waals surface area contributed by atoms with Gasteiger partial charge in [0.05, 0.1) is 0 Å². The minimum Gasteiger partial charge on any atom is -0.470 e. The second-order valence-electron chi connectivity index (χ2n) is 3.52. The fourth-order valence-electron chi connectivity index (χ4n) is 1.53. The third kappa shape index (κ3) is 2.44. The van der Waals surface area contributed by atoms with Crippen molar-refractivity contribution in [2.24, 2.45) is 0 Å². The molecule has 1 atom stereocenters. The lowest BCUT2D eigenvalue weighted by atomic mass is 10.3. The van der Waals surface area contributed by atoms with Crippen LogP contribution in [0.2, 0.25) is 0 Å². The molecule has 0 saturated carbocycles. The van der Waals surface area contributed by atoms with E-state index in [1.54, 1.807) is 19.1 Å². The van der Waals surface area contributed by atoms with Crippen LogP contribution in [0.25, 0.3) is 0 Å². The van der Waals surface area contributed by atoms with Crippen molar-refractivity contribution in [3.8, 4) is 5.75 Å². The van der Waals surface area contributed by atoms with E-state index in [1.807, 2.05) is 18.2 Å². The third-order valence-electron chi connectivity index (χ3n) is 2.30. The molecule has 0 aliphatic carbocycles. The second-order valence-corrected chi connectivity index (χ2v) is 3.52. The minimum absolute atomic E-state index is 0.391. The Morgan fingerprint density at radius 2 is 1.88 bits per heavy atom. The molecule has 17 heavy (non-hydrogen) atoms. The van der Waals surface area contributed by atoms with E-state index in [0.717, 1.165) is 4.57 Å². The van der Waals surface area contributed by atoms with Crippen molar-refractivity contribution in [2.45, 2.75) is 13.2 Å². The van der Waals surface area contributed by atoms with Crippen LogP contribution >= 0.6 is 0 Å². The predicted octanol–water partition coefficient (Wildman–Crippen LogP) is 1.13. The molecule has 0 amide bonds. The summed E-state index contributed by atoms with van der Waals surface area (Å²) in [5.74, 6) is 0.607. The number of rotatable bonds is 3. The van der Waals surface area contributed by atoms with Gasteiger partial charge in [-0.3, -0.25) is 4.79 Å². The number of hydrogen-bond donors (Lipinski definition) is 1. The van der Waals surface area contributed by atoms with Crippen molar-refractivity contribution in [3.05, 3.63) is 63.4 Å². The van der Waals surface area contributed by atoms with Crippen LogP contribution in [0.3, 0.4) is 0 Å². The maximum absolute atomic E-state index is 11.5. The van der Waals surface area contributed by atoms with Crippen molar-refractivity contribution in [2.75, 3.05) is 0 Å². The Labute approximate surface area is 97.3 Å². The van der Waals surface area contributed by atoms with E-state index in [-0.39, 0.29) is 0 Å². The smallest absolute Gasteiger partial charge is 0.331 e. The quantitative estimate of drug-likeness (QED) is 0.862. The molecule has 5 heteroatoms. The third-order valence-corrected chi connectivity index (χ3v) is 2.30. The number of hydrogen-bond acceptors (Lipinski definition) is 3. The number of H-pyrrole nitrogens is 1. The van der Waals surface area contributed by atoms with Gasteiger partial charge in [0.2, 0.25) is 0 Å². The van der Waals surface area contributed by atoms with Crippen LogP contribution in [-0.4, -0.2) is 9.55 Å². The molecular weight excluding hydrogens is 220 g/mol. The highest BCUT2D eigenvalue weighted by atomic mass is 16.5. The normalized spacial score (nSPS) is 12.1. The van der Waals surface area contributed by atoms with Gasteiger partial charge in [-0.15, -0.1) is 0 Å². The van der Waals surface area contributed by atoms with Crippen LogP contribution in [0.1, 0.15) is 13.2 Å². The van der Waals surface area contributed by atoms with E-state index in [1.165, 1.54) is 12.3 Å². The first-order valence-corrected chi connectivity index (χ1v) is 5.20. The van der Waals surface area contributed by atoms with E-state index >= 15 is 0 Å². The lowest BCUT2D eigenvalue weighted by molar-refractivity contribution is 0.143. The maximum Gasteiger partial charge on any atom is 0.331 e. The van der Waals surface area contributed by atoms with E-state index in [9.17, 15) is 9.59 Å². The Kier molecular flexibility index (Phi) is 3.09. The summed E-state index contributed by atoms with van der Waals surface area (Å²) < 4.78 is 6.53. The summed E-state index contributed by atoms with van der Waals surface area (Å²) in [6.45, 7) is 1.64. The Morgan fingerprint density at radius 1 is 1.18 bits per heavy atom. The zero-order chi connectivity index (χ0) is 12.3. The Bertz CT molecular complexity index is 573. The molecule has 1 aromatic carbocycles. The lowest BCUT2D eigenvalue weighted by Gasteiger charge is -2.15. The van der Waals surface area contributed by atoms with Gasteiger partial charge in [0, 0.05) is 12.3 Å². The fourth-order valence-corrected chi connectivity index (χ4v) is 1.53. The fraction of sp³-hybridized carbons (Fsp3) is 0.167. The molecule has 2 aromatic rings. The summed E-state index contributed by atoms with van der Waals surface area (Å²) in [6, 6.07) is 10.3. The number of nitrogens with zero attached hydrogens (tertiary/aromatic N) is 1. The minimum atomic E-state index is -0.658. The average Bonchev–Trinajstić information content (AvgIpc) is 2.30. The van der Waals surface area contributed by atoms with Crippen molar-refractivity contribution in [1.82, 2.24) is 9.55 Å². The van der Waals surface area contributed by atoms with Crippen LogP contribution in [0.15, 0.2) is 52.2 Å². The number of nitrogens with one attached hydrogen (secondary N) is 1. The number of ether oxygens (including phenoxy) is 1. The summed E-state index contributed by atoms with van der Waals surface area (Å²) in [6.07, 6.45) is 0.658. The molecule has 5 nitrogen and oxygen atoms in total. The van der Waals surface area contributed by atoms with E-state index < -0.39 is 17.5 Å². The zero-order valence-corrected chi connectivity index (χ0v) is 9.29. The molecule has 88 valence electrons. The summed E-state index contributed by atoms with van der Waals surface area (Å²) in [5, 5.41) is 0. The zero-order valence-electron chi connectivity index (χ0n) is 9.29. The molecule has 1 unspecified atom stereocenters. The predicted molar refractivity (Wildman–Crippen MR) is 63.1 cm³/mol. The van der Waals surface area contributed by atoms with E-state index in [2.05, 4.69) is 4.98 Å². The molecule has 0 spiro atoms. The standard InChI is InChI=1S/C12H12N2O3/c1-9(17-10-5-3-2-4-6-10)14-11(15)7-8-13-12(14)16/h2-9H,1H3,(H,13,16). The molecule has 0 bridgehead atoms. The van der Waals surface area contributed by atoms with Crippen molar-refractivity contribution >= 4 is 0 Å². The van der Waals surface area contributed by atoms with Gasteiger partial charge in [-0.25, -0.2) is 9.36 Å². The van der Waals surface area contributed by atoms with Gasteiger partial charge >= 0.3 is 5.69 Å². The SMILES string of the molecule is CC(Oc1ccccc1)n1c(=O)cc[nH]c1=O. The molecule has 0 radical (unpaired) electrons. The Morgan fingerprint density at radius 3 is 2.53 bits per heavy atom. The first kappa shape index (κ1) is 11.2. The van der Waals surface area contributed by atoms with Crippen LogP contribution in [0.4, 0.5) is 0 Å². The van der Waals surface area contributed by atoms with Gasteiger partial charge in [0.15, 0.2) is 6.23 Å². The Balaban J connectivity index is 2.30. The van der Waals surface area contributed by atoms with Gasteiger partial charge in [-0.2, -0.15) is 0 Å². The first-order chi connectivity index (χ1) is 8.18. The van der Waals surface area contributed by atoms with Crippen molar-refractivity contribution < 1.29 is 4.74 Å². The molecule has 0 aliphatic rings. The lowest BCUT2D eigenvalue weighted by Crippen LogP contribution is -2.38. The molecule has 0 fully saturated rings. The highest BCUT2D eigenvalue weighted by molar-refractivity contribution is 5.21. The van der Waals surface area contributed by atoms with Crippen LogP contribution in [-0.2, 0) is 0 Å². The molecule has 1 aromatic heterocycles. The summed E-state index contributed by atoms with van der Waals surface area (Å²) in [4.78, 5) is 25.5. The van der Waals surface area contributed by atoms with Crippen LogP contribution in [0.5, 0.6) is 5.75 Å². The van der Waals surface area contributed by atoms with Crippen LogP contribution in [0, 0.1) is 0 Å². The monoisotopic (exact) mass is 232 g/mol. The molecular formula is C12H12N2O3. The van der Waals surface area contributed by atoms with Crippen molar-refractivity contribution in [1.29, 1.82) is 0 Å². The molecule has 0 saturated heterocycles. The first-order valence-electron chi connectivity index (χ1n) is 5.20. The number of benzene rings is 1. The highest BCUT2D eigenvalue weighted by Crippen LogP contribution is 2.13. The summed E-state index contributed by atoms with van der Waals surface area (Å²) in [5.41, 5.74) is -0.877. The highest BCUT2D eigenvalue weighted by Gasteiger charge is 2.10. The average molecular weight is 232 g/mol. The number of aromatic amines is 1. The molecule has 0 aliphatic heterocycles. The number of aromatic nitrogens is 2.